The molecule has 88 valence electrons. The summed E-state index contributed by atoms with van der Waals surface area (Å²) in [4.78, 5) is 4.07. The zero-order chi connectivity index (χ0) is 12.3. The van der Waals surface area contributed by atoms with Crippen molar-refractivity contribution in [1.82, 2.24) is 4.98 Å². The lowest BCUT2D eigenvalue weighted by atomic mass is 10.1. The molecule has 0 amide bonds. The highest BCUT2D eigenvalue weighted by atomic mass is 19.1. The third kappa shape index (κ3) is 2.36. The summed E-state index contributed by atoms with van der Waals surface area (Å²) in [6, 6.07) is 8.08. The predicted octanol–water partition coefficient (Wildman–Crippen LogP) is 2.90. The third-order valence-electron chi connectivity index (χ3n) is 2.38. The molecule has 0 saturated carbocycles. The zero-order valence-electron chi connectivity index (χ0n) is 9.61. The number of hydrogen-bond donors (Lipinski definition) is 0. The average molecular weight is 233 g/mol. The van der Waals surface area contributed by atoms with Gasteiger partial charge in [-0.2, -0.15) is 0 Å². The molecule has 2 aromatic rings. The Kier molecular flexibility index (Phi) is 3.23. The molecule has 0 fully saturated rings. The molecule has 0 unspecified atom stereocenters. The minimum absolute atomic E-state index is 0.356. The summed E-state index contributed by atoms with van der Waals surface area (Å²) in [5.41, 5.74) is 1.40. The van der Waals surface area contributed by atoms with Crippen molar-refractivity contribution < 1.29 is 13.9 Å². The molecule has 0 saturated heterocycles. The highest BCUT2D eigenvalue weighted by Crippen LogP contribution is 2.30. The Hall–Kier alpha value is -2.10. The van der Waals surface area contributed by atoms with Crippen molar-refractivity contribution in [2.45, 2.75) is 0 Å². The quantitative estimate of drug-likeness (QED) is 0.816. The second-order valence-corrected chi connectivity index (χ2v) is 3.44. The minimum atomic E-state index is -0.356. The van der Waals surface area contributed by atoms with E-state index in [0.717, 1.165) is 5.56 Å². The van der Waals surface area contributed by atoms with Crippen molar-refractivity contribution in [3.63, 3.8) is 0 Å². The van der Waals surface area contributed by atoms with Crippen LogP contribution in [0.25, 0.3) is 11.1 Å². The van der Waals surface area contributed by atoms with Crippen LogP contribution in [0.1, 0.15) is 0 Å². The molecule has 3 nitrogen and oxygen atoms in total. The number of aromatic nitrogens is 1. The molecule has 0 aliphatic rings. The molecule has 2 rings (SSSR count). The van der Waals surface area contributed by atoms with Crippen molar-refractivity contribution >= 4 is 0 Å². The van der Waals surface area contributed by atoms with E-state index in [1.54, 1.807) is 18.3 Å². The average Bonchev–Trinajstić information content (AvgIpc) is 2.37. The summed E-state index contributed by atoms with van der Waals surface area (Å²) in [6.07, 6.45) is 1.62. The third-order valence-corrected chi connectivity index (χ3v) is 2.38. The molecule has 4 heteroatoms. The second kappa shape index (κ2) is 4.82. The Balaban J connectivity index is 2.55. The van der Waals surface area contributed by atoms with E-state index < -0.39 is 0 Å². The fourth-order valence-corrected chi connectivity index (χ4v) is 1.61. The van der Waals surface area contributed by atoms with Gasteiger partial charge in [0.05, 0.1) is 14.2 Å². The first-order valence-corrected chi connectivity index (χ1v) is 5.08. The number of hydrogen-bond acceptors (Lipinski definition) is 3. The van der Waals surface area contributed by atoms with Crippen LogP contribution in [0.4, 0.5) is 4.39 Å². The molecule has 1 aromatic carbocycles. The predicted molar refractivity (Wildman–Crippen MR) is 62.7 cm³/mol. The van der Waals surface area contributed by atoms with E-state index in [9.17, 15) is 4.39 Å². The van der Waals surface area contributed by atoms with Gasteiger partial charge < -0.3 is 9.47 Å². The topological polar surface area (TPSA) is 31.4 Å². The summed E-state index contributed by atoms with van der Waals surface area (Å²) in [5, 5.41) is 0. The second-order valence-electron chi connectivity index (χ2n) is 3.44. The first-order chi connectivity index (χ1) is 8.24. The lowest BCUT2D eigenvalue weighted by Gasteiger charge is -2.08. The Morgan fingerprint density at radius 2 is 1.94 bits per heavy atom. The van der Waals surface area contributed by atoms with Crippen LogP contribution >= 0.6 is 0 Å². The summed E-state index contributed by atoms with van der Waals surface area (Å²) < 4.78 is 23.6. The number of benzene rings is 1. The standard InChI is InChI=1S/C13H12FNO2/c1-16-11-7-9(6-10(14)8-11)12-4-3-5-15-13(12)17-2/h3-8H,1-2H3. The summed E-state index contributed by atoms with van der Waals surface area (Å²) in [6.45, 7) is 0. The zero-order valence-corrected chi connectivity index (χ0v) is 9.61. The minimum Gasteiger partial charge on any atom is -0.497 e. The molecule has 1 aromatic heterocycles. The monoisotopic (exact) mass is 233 g/mol. The number of nitrogens with zero attached hydrogens (tertiary/aromatic N) is 1. The molecule has 0 N–H and O–H groups in total. The van der Waals surface area contributed by atoms with Crippen LogP contribution in [-0.4, -0.2) is 19.2 Å². The highest BCUT2D eigenvalue weighted by molar-refractivity contribution is 5.69. The fraction of sp³-hybridized carbons (Fsp3) is 0.154. The maximum absolute atomic E-state index is 13.4. The first-order valence-electron chi connectivity index (χ1n) is 5.08. The Labute approximate surface area is 98.8 Å². The molecule has 0 aliphatic heterocycles. The molecule has 0 aliphatic carbocycles. The van der Waals surface area contributed by atoms with Gasteiger partial charge in [0, 0.05) is 17.8 Å². The van der Waals surface area contributed by atoms with Crippen molar-refractivity contribution in [2.75, 3.05) is 14.2 Å². The van der Waals surface area contributed by atoms with Crippen LogP contribution in [0.5, 0.6) is 11.6 Å². The van der Waals surface area contributed by atoms with Gasteiger partial charge in [0.25, 0.3) is 0 Å². The van der Waals surface area contributed by atoms with E-state index in [1.165, 1.54) is 26.4 Å². The van der Waals surface area contributed by atoms with Gasteiger partial charge in [-0.15, -0.1) is 0 Å². The van der Waals surface area contributed by atoms with Crippen molar-refractivity contribution in [2.24, 2.45) is 0 Å². The van der Waals surface area contributed by atoms with Gasteiger partial charge in [-0.05, 0) is 29.8 Å². The number of pyridine rings is 1. The largest absolute Gasteiger partial charge is 0.497 e. The normalized spacial score (nSPS) is 10.1. The summed E-state index contributed by atoms with van der Waals surface area (Å²) in [7, 11) is 3.03. The van der Waals surface area contributed by atoms with Crippen LogP contribution in [0.2, 0.25) is 0 Å². The van der Waals surface area contributed by atoms with E-state index >= 15 is 0 Å². The fourth-order valence-electron chi connectivity index (χ4n) is 1.61. The van der Waals surface area contributed by atoms with E-state index in [2.05, 4.69) is 4.98 Å². The smallest absolute Gasteiger partial charge is 0.221 e. The van der Waals surface area contributed by atoms with Gasteiger partial charge in [-0.1, -0.05) is 0 Å². The van der Waals surface area contributed by atoms with E-state index in [-0.39, 0.29) is 5.82 Å². The van der Waals surface area contributed by atoms with E-state index in [0.29, 0.717) is 17.2 Å². The van der Waals surface area contributed by atoms with Crippen molar-refractivity contribution in [3.05, 3.63) is 42.3 Å². The van der Waals surface area contributed by atoms with Gasteiger partial charge in [-0.3, -0.25) is 0 Å². The Morgan fingerprint density at radius 1 is 1.12 bits per heavy atom. The van der Waals surface area contributed by atoms with E-state index in [1.807, 2.05) is 6.07 Å². The SMILES string of the molecule is COc1cc(F)cc(-c2cccnc2OC)c1. The molecule has 0 bridgehead atoms. The van der Waals surface area contributed by atoms with Crippen LogP contribution < -0.4 is 9.47 Å². The number of rotatable bonds is 3. The van der Waals surface area contributed by atoms with Gasteiger partial charge >= 0.3 is 0 Å². The molecular weight excluding hydrogens is 221 g/mol. The van der Waals surface area contributed by atoms with Crippen LogP contribution in [0, 0.1) is 5.82 Å². The highest BCUT2D eigenvalue weighted by Gasteiger charge is 2.09. The first kappa shape index (κ1) is 11.4. The lowest BCUT2D eigenvalue weighted by Crippen LogP contribution is -1.92. The maximum atomic E-state index is 13.4. The van der Waals surface area contributed by atoms with Crippen LogP contribution in [0.3, 0.4) is 0 Å². The maximum Gasteiger partial charge on any atom is 0.221 e. The molecule has 17 heavy (non-hydrogen) atoms. The lowest BCUT2D eigenvalue weighted by molar-refractivity contribution is 0.399. The molecule has 0 atom stereocenters. The van der Waals surface area contributed by atoms with Crippen LogP contribution in [-0.2, 0) is 0 Å². The Morgan fingerprint density at radius 3 is 2.65 bits per heavy atom. The molecule has 0 radical (unpaired) electrons. The van der Waals surface area contributed by atoms with Crippen molar-refractivity contribution in [3.8, 4) is 22.8 Å². The summed E-state index contributed by atoms with van der Waals surface area (Å²) >= 11 is 0. The Bertz CT molecular complexity index is 529. The van der Waals surface area contributed by atoms with Crippen molar-refractivity contribution in [1.29, 1.82) is 0 Å². The van der Waals surface area contributed by atoms with Gasteiger partial charge in [0.15, 0.2) is 0 Å². The van der Waals surface area contributed by atoms with Crippen LogP contribution in [0.15, 0.2) is 36.5 Å². The summed E-state index contributed by atoms with van der Waals surface area (Å²) in [5.74, 6) is 0.566. The number of halogens is 1. The van der Waals surface area contributed by atoms with Gasteiger partial charge in [0.2, 0.25) is 5.88 Å². The molecular formula is C13H12FNO2. The van der Waals surface area contributed by atoms with Gasteiger partial charge in [0.1, 0.15) is 11.6 Å². The van der Waals surface area contributed by atoms with Gasteiger partial charge in [-0.25, -0.2) is 9.37 Å². The van der Waals surface area contributed by atoms with E-state index in [4.69, 9.17) is 9.47 Å². The number of methoxy groups -OCH3 is 2. The number of ether oxygens (including phenoxy) is 2. The molecule has 1 heterocycles. The molecule has 0 spiro atoms.